The van der Waals surface area contributed by atoms with E-state index in [9.17, 15) is 9.59 Å². The van der Waals surface area contributed by atoms with Crippen LogP contribution in [0.5, 0.6) is 0 Å². The van der Waals surface area contributed by atoms with Crippen molar-refractivity contribution in [3.8, 4) is 0 Å². The van der Waals surface area contributed by atoms with E-state index in [1.165, 1.54) is 0 Å². The normalized spacial score (nSPS) is 18.5. The fourth-order valence-corrected chi connectivity index (χ4v) is 4.85. The topological polar surface area (TPSA) is 59.5 Å². The first-order valence-corrected chi connectivity index (χ1v) is 9.89. The molecule has 2 aromatic rings. The number of amides is 1. The summed E-state index contributed by atoms with van der Waals surface area (Å²) in [5, 5.41) is 0.873. The first-order valence-electron chi connectivity index (χ1n) is 7.92. The van der Waals surface area contributed by atoms with Crippen molar-refractivity contribution in [1.29, 1.82) is 0 Å². The maximum Gasteiger partial charge on any atom is 0.310 e. The molecule has 0 saturated carbocycles. The molecule has 3 rings (SSSR count). The van der Waals surface area contributed by atoms with Crippen LogP contribution in [0.4, 0.5) is 0 Å². The molecule has 1 amide bonds. The van der Waals surface area contributed by atoms with Crippen molar-refractivity contribution < 1.29 is 14.3 Å². The van der Waals surface area contributed by atoms with E-state index >= 15 is 0 Å². The number of likely N-dealkylation sites (N-methyl/N-ethyl adjacent to an activating group) is 1. The number of aromatic nitrogens is 1. The number of hydrogen-bond acceptors (Lipinski definition) is 6. The Kier molecular flexibility index (Phi) is 5.40. The van der Waals surface area contributed by atoms with Gasteiger partial charge >= 0.3 is 5.97 Å². The molecule has 24 heavy (non-hydrogen) atoms. The summed E-state index contributed by atoms with van der Waals surface area (Å²) in [6.45, 7) is 2.05. The van der Waals surface area contributed by atoms with Crippen LogP contribution >= 0.6 is 23.1 Å². The van der Waals surface area contributed by atoms with Crippen molar-refractivity contribution >= 4 is 45.2 Å². The van der Waals surface area contributed by atoms with Gasteiger partial charge in [0.05, 0.1) is 22.7 Å². The maximum absolute atomic E-state index is 12.4. The lowest BCUT2D eigenvalue weighted by Gasteiger charge is -2.21. The van der Waals surface area contributed by atoms with E-state index in [2.05, 4.69) is 4.98 Å². The van der Waals surface area contributed by atoms with Crippen LogP contribution in [0.25, 0.3) is 10.2 Å². The van der Waals surface area contributed by atoms with Gasteiger partial charge in [-0.15, -0.1) is 11.3 Å². The van der Waals surface area contributed by atoms with E-state index in [1.807, 2.05) is 24.3 Å². The number of thiazole rings is 1. The first-order chi connectivity index (χ1) is 11.5. The van der Waals surface area contributed by atoms with Gasteiger partial charge in [-0.3, -0.25) is 9.59 Å². The quantitative estimate of drug-likeness (QED) is 0.764. The van der Waals surface area contributed by atoms with Crippen molar-refractivity contribution in [3.63, 3.8) is 0 Å². The average Bonchev–Trinajstić information content (AvgIpc) is 3.22. The Morgan fingerprint density at radius 3 is 2.92 bits per heavy atom. The third-order valence-corrected chi connectivity index (χ3v) is 6.17. The summed E-state index contributed by atoms with van der Waals surface area (Å²) in [7, 11) is 1.71. The molecule has 1 aromatic heterocycles. The monoisotopic (exact) mass is 364 g/mol. The molecular formula is C17H20N2O3S2. The van der Waals surface area contributed by atoms with Crippen LogP contribution in [0.3, 0.4) is 0 Å². The second-order valence-electron chi connectivity index (χ2n) is 5.91. The van der Waals surface area contributed by atoms with Crippen molar-refractivity contribution in [2.24, 2.45) is 5.92 Å². The summed E-state index contributed by atoms with van der Waals surface area (Å²) >= 11 is 3.33. The summed E-state index contributed by atoms with van der Waals surface area (Å²) in [6.07, 6.45) is 0.0776. The molecule has 1 aromatic carbocycles. The fourth-order valence-electron chi connectivity index (χ4n) is 2.62. The summed E-state index contributed by atoms with van der Waals surface area (Å²) in [6, 6.07) is 7.90. The first kappa shape index (κ1) is 17.2. The molecule has 2 atom stereocenters. The molecule has 7 heteroatoms. The van der Waals surface area contributed by atoms with Crippen LogP contribution in [0.2, 0.25) is 0 Å². The van der Waals surface area contributed by atoms with Gasteiger partial charge in [0.25, 0.3) is 5.91 Å². The van der Waals surface area contributed by atoms with Crippen LogP contribution < -0.4 is 0 Å². The highest BCUT2D eigenvalue weighted by atomic mass is 32.2. The Morgan fingerprint density at radius 1 is 1.42 bits per heavy atom. The van der Waals surface area contributed by atoms with Gasteiger partial charge in [-0.05, 0) is 31.2 Å². The molecule has 1 aliphatic rings. The van der Waals surface area contributed by atoms with E-state index in [0.717, 1.165) is 33.2 Å². The summed E-state index contributed by atoms with van der Waals surface area (Å²) in [5.41, 5.74) is 0.941. The number of carbonyl (C=O) groups excluding carboxylic acids is 2. The predicted molar refractivity (Wildman–Crippen MR) is 97.1 cm³/mol. The second kappa shape index (κ2) is 7.53. The Morgan fingerprint density at radius 2 is 2.21 bits per heavy atom. The van der Waals surface area contributed by atoms with Crippen molar-refractivity contribution in [2.75, 3.05) is 18.6 Å². The number of rotatable bonds is 5. The third-order valence-electron chi connectivity index (χ3n) is 3.99. The highest BCUT2D eigenvalue weighted by Gasteiger charge is 2.29. The number of thioether (sulfide) groups is 1. The summed E-state index contributed by atoms with van der Waals surface area (Å²) in [4.78, 5) is 30.6. The van der Waals surface area contributed by atoms with E-state index in [-0.39, 0.29) is 17.8 Å². The van der Waals surface area contributed by atoms with Gasteiger partial charge in [0, 0.05) is 12.8 Å². The molecule has 0 radical (unpaired) electrons. The van der Waals surface area contributed by atoms with Gasteiger partial charge < -0.3 is 9.64 Å². The standard InChI is InChI=1S/C17H20N2O3S2/c1-11(22-17(21)12-7-8-23-10-12)16(20)19(2)9-15-18-13-5-3-4-6-14(13)24-15/h3-6,11-12H,7-10H2,1-2H3/t11-,12-/m1/s1. The smallest absolute Gasteiger partial charge is 0.310 e. The minimum absolute atomic E-state index is 0.0696. The zero-order valence-corrected chi connectivity index (χ0v) is 15.4. The lowest BCUT2D eigenvalue weighted by Crippen LogP contribution is -2.38. The molecule has 0 bridgehead atoms. The second-order valence-corrected chi connectivity index (χ2v) is 8.17. The van der Waals surface area contributed by atoms with Crippen LogP contribution in [-0.2, 0) is 20.9 Å². The molecule has 128 valence electrons. The Bertz CT molecular complexity index is 707. The Hall–Kier alpha value is -1.60. The molecular weight excluding hydrogens is 344 g/mol. The molecule has 0 N–H and O–H groups in total. The molecule has 5 nitrogen and oxygen atoms in total. The van der Waals surface area contributed by atoms with Crippen LogP contribution in [0, 0.1) is 5.92 Å². The highest BCUT2D eigenvalue weighted by Crippen LogP contribution is 2.25. The van der Waals surface area contributed by atoms with Crippen molar-refractivity contribution in [2.45, 2.75) is 26.0 Å². The van der Waals surface area contributed by atoms with Gasteiger partial charge in [0.2, 0.25) is 0 Å². The molecule has 1 fully saturated rings. The Labute approximate surface area is 149 Å². The molecule has 2 heterocycles. The van der Waals surface area contributed by atoms with Gasteiger partial charge in [-0.1, -0.05) is 12.1 Å². The number of benzene rings is 1. The molecule has 1 aliphatic heterocycles. The fraction of sp³-hybridized carbons (Fsp3) is 0.471. The minimum Gasteiger partial charge on any atom is -0.452 e. The molecule has 0 unspecified atom stereocenters. The van der Waals surface area contributed by atoms with E-state index in [0.29, 0.717) is 6.54 Å². The molecule has 0 spiro atoms. The SMILES string of the molecule is C[C@@H](OC(=O)[C@@H]1CCSC1)C(=O)N(C)Cc1nc2ccccc2s1. The third kappa shape index (κ3) is 3.89. The highest BCUT2D eigenvalue weighted by molar-refractivity contribution is 7.99. The number of esters is 1. The van der Waals surface area contributed by atoms with E-state index < -0.39 is 6.10 Å². The van der Waals surface area contributed by atoms with E-state index in [1.54, 1.807) is 42.0 Å². The number of hydrogen-bond donors (Lipinski definition) is 0. The van der Waals surface area contributed by atoms with Crippen LogP contribution in [0.15, 0.2) is 24.3 Å². The zero-order chi connectivity index (χ0) is 17.1. The Balaban J connectivity index is 1.57. The van der Waals surface area contributed by atoms with Gasteiger partial charge in [-0.25, -0.2) is 4.98 Å². The van der Waals surface area contributed by atoms with Crippen molar-refractivity contribution in [3.05, 3.63) is 29.3 Å². The lowest BCUT2D eigenvalue weighted by molar-refractivity contribution is -0.161. The van der Waals surface area contributed by atoms with Gasteiger partial charge in [-0.2, -0.15) is 11.8 Å². The largest absolute Gasteiger partial charge is 0.452 e. The average molecular weight is 364 g/mol. The summed E-state index contributed by atoms with van der Waals surface area (Å²) in [5.74, 6) is 1.25. The number of para-hydroxylation sites is 1. The van der Waals surface area contributed by atoms with Gasteiger partial charge in [0.15, 0.2) is 6.10 Å². The van der Waals surface area contributed by atoms with E-state index in [4.69, 9.17) is 4.74 Å². The summed E-state index contributed by atoms with van der Waals surface area (Å²) < 4.78 is 6.46. The van der Waals surface area contributed by atoms with Gasteiger partial charge in [0.1, 0.15) is 5.01 Å². The number of carbonyl (C=O) groups is 2. The predicted octanol–water partition coefficient (Wildman–Crippen LogP) is 2.94. The van der Waals surface area contributed by atoms with Crippen LogP contribution in [0.1, 0.15) is 18.4 Å². The molecule has 1 saturated heterocycles. The zero-order valence-electron chi connectivity index (χ0n) is 13.7. The number of ether oxygens (including phenoxy) is 1. The maximum atomic E-state index is 12.4. The molecule has 0 aliphatic carbocycles. The van der Waals surface area contributed by atoms with Crippen LogP contribution in [-0.4, -0.2) is 46.4 Å². The van der Waals surface area contributed by atoms with Crippen molar-refractivity contribution in [1.82, 2.24) is 9.88 Å². The number of nitrogens with zero attached hydrogens (tertiary/aromatic N) is 2. The number of fused-ring (bicyclic) bond motifs is 1. The lowest BCUT2D eigenvalue weighted by atomic mass is 10.1. The minimum atomic E-state index is -0.762.